The summed E-state index contributed by atoms with van der Waals surface area (Å²) in [7, 11) is 7.35. The van der Waals surface area contributed by atoms with Crippen molar-refractivity contribution in [1.29, 1.82) is 0 Å². The van der Waals surface area contributed by atoms with Gasteiger partial charge in [0, 0.05) is 30.4 Å². The van der Waals surface area contributed by atoms with Crippen LogP contribution in [0, 0.1) is 0 Å². The van der Waals surface area contributed by atoms with E-state index in [1.54, 1.807) is 14.2 Å². The topological polar surface area (TPSA) is 80.5 Å². The normalized spacial score (nSPS) is 11.9. The van der Waals surface area contributed by atoms with Gasteiger partial charge >= 0.3 is 0 Å². The summed E-state index contributed by atoms with van der Waals surface area (Å²) in [4.78, 5) is 18.6. The van der Waals surface area contributed by atoms with Gasteiger partial charge in [0.05, 0.1) is 7.11 Å². The molecule has 1 amide bonds. The molecule has 2 aromatic carbocycles. The standard InChI is InChI=1S/C24H28N4O2/c1-26-24(29)18-9-5-7-16(11-18)12-22(28(2)3)19-14-21(23(25)27-15-19)17-8-6-10-20(13-17)30-4/h5-11,13-15,22H,12H2,1-4H3,(H2,25,27)(H,26,29). The number of pyridine rings is 1. The third kappa shape index (κ3) is 4.78. The minimum Gasteiger partial charge on any atom is -0.497 e. The van der Waals surface area contributed by atoms with Gasteiger partial charge in [0.2, 0.25) is 0 Å². The number of ether oxygens (including phenoxy) is 1. The van der Waals surface area contributed by atoms with Crippen molar-refractivity contribution in [3.05, 3.63) is 77.5 Å². The van der Waals surface area contributed by atoms with E-state index in [2.05, 4.69) is 21.3 Å². The first-order valence-corrected chi connectivity index (χ1v) is 9.80. The number of amides is 1. The molecule has 30 heavy (non-hydrogen) atoms. The van der Waals surface area contributed by atoms with Gasteiger partial charge in [0.1, 0.15) is 11.6 Å². The third-order valence-corrected chi connectivity index (χ3v) is 5.17. The molecule has 0 saturated carbocycles. The first-order chi connectivity index (χ1) is 14.4. The number of hydrogen-bond donors (Lipinski definition) is 2. The van der Waals surface area contributed by atoms with Gasteiger partial charge in [-0.3, -0.25) is 4.79 Å². The number of methoxy groups -OCH3 is 1. The molecule has 1 heterocycles. The molecule has 0 aliphatic carbocycles. The van der Waals surface area contributed by atoms with Crippen LogP contribution in [0.1, 0.15) is 27.5 Å². The number of rotatable bonds is 7. The highest BCUT2D eigenvalue weighted by Crippen LogP contribution is 2.32. The molecule has 156 valence electrons. The lowest BCUT2D eigenvalue weighted by Crippen LogP contribution is -2.23. The summed E-state index contributed by atoms with van der Waals surface area (Å²) in [5.41, 5.74) is 10.8. The van der Waals surface area contributed by atoms with Gasteiger partial charge in [-0.1, -0.05) is 24.3 Å². The van der Waals surface area contributed by atoms with Crippen LogP contribution in [0.5, 0.6) is 5.75 Å². The van der Waals surface area contributed by atoms with Gasteiger partial charge in [-0.05, 0) is 67.5 Å². The van der Waals surface area contributed by atoms with Crippen molar-refractivity contribution in [3.8, 4) is 16.9 Å². The molecule has 0 bridgehead atoms. The van der Waals surface area contributed by atoms with Crippen LogP contribution >= 0.6 is 0 Å². The van der Waals surface area contributed by atoms with Gasteiger partial charge in [0.15, 0.2) is 0 Å². The number of carbonyl (C=O) groups is 1. The van der Waals surface area contributed by atoms with E-state index in [1.165, 1.54) is 0 Å². The first-order valence-electron chi connectivity index (χ1n) is 9.80. The van der Waals surface area contributed by atoms with Crippen LogP contribution in [0.2, 0.25) is 0 Å². The molecule has 1 aromatic heterocycles. The maximum atomic E-state index is 12.0. The second-order valence-electron chi connectivity index (χ2n) is 7.40. The number of nitrogens with one attached hydrogen (secondary N) is 1. The maximum Gasteiger partial charge on any atom is 0.251 e. The van der Waals surface area contributed by atoms with Crippen molar-refractivity contribution >= 4 is 11.7 Å². The fraction of sp³-hybridized carbons (Fsp3) is 0.250. The van der Waals surface area contributed by atoms with E-state index in [-0.39, 0.29) is 11.9 Å². The number of benzene rings is 2. The van der Waals surface area contributed by atoms with Crippen LogP contribution < -0.4 is 15.8 Å². The van der Waals surface area contributed by atoms with Crippen LogP contribution in [-0.4, -0.2) is 44.0 Å². The summed E-state index contributed by atoms with van der Waals surface area (Å²) >= 11 is 0. The highest BCUT2D eigenvalue weighted by Gasteiger charge is 2.18. The minimum atomic E-state index is -0.0901. The molecule has 3 rings (SSSR count). The van der Waals surface area contributed by atoms with E-state index in [9.17, 15) is 4.79 Å². The molecule has 6 heteroatoms. The zero-order valence-corrected chi connectivity index (χ0v) is 17.8. The molecular weight excluding hydrogens is 376 g/mol. The summed E-state index contributed by atoms with van der Waals surface area (Å²) in [6.07, 6.45) is 2.56. The second kappa shape index (κ2) is 9.41. The summed E-state index contributed by atoms with van der Waals surface area (Å²) in [6.45, 7) is 0. The van der Waals surface area contributed by atoms with Crippen LogP contribution in [0.15, 0.2) is 60.8 Å². The van der Waals surface area contributed by atoms with Crippen LogP contribution in [0.3, 0.4) is 0 Å². The fourth-order valence-corrected chi connectivity index (χ4v) is 3.50. The molecule has 0 saturated heterocycles. The van der Waals surface area contributed by atoms with E-state index in [1.807, 2.05) is 68.8 Å². The smallest absolute Gasteiger partial charge is 0.251 e. The van der Waals surface area contributed by atoms with E-state index in [4.69, 9.17) is 10.5 Å². The molecule has 6 nitrogen and oxygen atoms in total. The van der Waals surface area contributed by atoms with E-state index in [0.717, 1.165) is 34.4 Å². The van der Waals surface area contributed by atoms with Crippen molar-refractivity contribution < 1.29 is 9.53 Å². The molecule has 1 unspecified atom stereocenters. The molecule has 3 N–H and O–H groups in total. The molecule has 1 atom stereocenters. The summed E-state index contributed by atoms with van der Waals surface area (Å²) in [6, 6.07) is 17.7. The molecule has 3 aromatic rings. The third-order valence-electron chi connectivity index (χ3n) is 5.17. The Labute approximate surface area is 177 Å². The predicted octanol–water partition coefficient (Wildman–Crippen LogP) is 3.54. The first kappa shape index (κ1) is 21.3. The number of nitrogen functional groups attached to an aromatic ring is 1. The second-order valence-corrected chi connectivity index (χ2v) is 7.40. The predicted molar refractivity (Wildman–Crippen MR) is 121 cm³/mol. The number of carbonyl (C=O) groups excluding carboxylic acids is 1. The summed E-state index contributed by atoms with van der Waals surface area (Å²) in [5, 5.41) is 2.67. The molecular formula is C24H28N4O2. The number of nitrogens with two attached hydrogens (primary N) is 1. The SMILES string of the molecule is CNC(=O)c1cccc(CC(c2cnc(N)c(-c3cccc(OC)c3)c2)N(C)C)c1. The number of nitrogens with zero attached hydrogens (tertiary/aromatic N) is 2. The highest BCUT2D eigenvalue weighted by molar-refractivity contribution is 5.94. The Kier molecular flexibility index (Phi) is 6.69. The Balaban J connectivity index is 1.96. The number of likely N-dealkylation sites (N-methyl/N-ethyl adjacent to an activating group) is 1. The monoisotopic (exact) mass is 404 g/mol. The Morgan fingerprint density at radius 3 is 2.63 bits per heavy atom. The Bertz CT molecular complexity index is 1030. The molecule has 0 aliphatic heterocycles. The maximum absolute atomic E-state index is 12.0. The zero-order chi connectivity index (χ0) is 21.7. The lowest BCUT2D eigenvalue weighted by Gasteiger charge is -2.25. The summed E-state index contributed by atoms with van der Waals surface area (Å²) < 4.78 is 5.35. The minimum absolute atomic E-state index is 0.0717. The molecule has 0 radical (unpaired) electrons. The lowest BCUT2D eigenvalue weighted by molar-refractivity contribution is 0.0963. The van der Waals surface area contributed by atoms with Gasteiger partial charge in [-0.25, -0.2) is 4.98 Å². The van der Waals surface area contributed by atoms with Crippen molar-refractivity contribution in [2.24, 2.45) is 0 Å². The summed E-state index contributed by atoms with van der Waals surface area (Å²) in [5.74, 6) is 1.16. The fourth-order valence-electron chi connectivity index (χ4n) is 3.50. The lowest BCUT2D eigenvalue weighted by atomic mass is 9.95. The number of anilines is 1. The van der Waals surface area contributed by atoms with E-state index < -0.39 is 0 Å². The van der Waals surface area contributed by atoms with Crippen LogP contribution in [-0.2, 0) is 6.42 Å². The van der Waals surface area contributed by atoms with Crippen molar-refractivity contribution in [1.82, 2.24) is 15.2 Å². The average Bonchev–Trinajstić information content (AvgIpc) is 2.77. The molecule has 0 spiro atoms. The van der Waals surface area contributed by atoms with Gasteiger partial charge < -0.3 is 20.7 Å². The largest absolute Gasteiger partial charge is 0.497 e. The van der Waals surface area contributed by atoms with Gasteiger partial charge in [-0.15, -0.1) is 0 Å². The number of aromatic nitrogens is 1. The van der Waals surface area contributed by atoms with Crippen LogP contribution in [0.4, 0.5) is 5.82 Å². The van der Waals surface area contributed by atoms with Gasteiger partial charge in [-0.2, -0.15) is 0 Å². The van der Waals surface area contributed by atoms with Crippen molar-refractivity contribution in [2.75, 3.05) is 34.0 Å². The molecule has 0 fully saturated rings. The van der Waals surface area contributed by atoms with Crippen molar-refractivity contribution in [2.45, 2.75) is 12.5 Å². The quantitative estimate of drug-likeness (QED) is 0.630. The molecule has 0 aliphatic rings. The van der Waals surface area contributed by atoms with E-state index >= 15 is 0 Å². The Hall–Kier alpha value is -3.38. The van der Waals surface area contributed by atoms with Crippen molar-refractivity contribution in [3.63, 3.8) is 0 Å². The average molecular weight is 405 g/mol. The van der Waals surface area contributed by atoms with E-state index in [0.29, 0.717) is 11.4 Å². The number of hydrogen-bond acceptors (Lipinski definition) is 5. The Morgan fingerprint density at radius 1 is 1.17 bits per heavy atom. The Morgan fingerprint density at radius 2 is 1.93 bits per heavy atom. The highest BCUT2D eigenvalue weighted by atomic mass is 16.5. The zero-order valence-electron chi connectivity index (χ0n) is 17.8. The van der Waals surface area contributed by atoms with Crippen LogP contribution in [0.25, 0.3) is 11.1 Å². The van der Waals surface area contributed by atoms with Gasteiger partial charge in [0.25, 0.3) is 5.91 Å².